The maximum atomic E-state index is 12.7. The van der Waals surface area contributed by atoms with E-state index >= 15 is 0 Å². The fourth-order valence-corrected chi connectivity index (χ4v) is 4.30. The molecule has 4 aromatic rings. The molecule has 0 bridgehead atoms. The van der Waals surface area contributed by atoms with Crippen LogP contribution < -0.4 is 24.4 Å². The van der Waals surface area contributed by atoms with Gasteiger partial charge in [-0.1, -0.05) is 28.5 Å². The van der Waals surface area contributed by atoms with Crippen molar-refractivity contribution in [1.29, 1.82) is 0 Å². The molecule has 10 heteroatoms. The SMILES string of the molecule is Cc1nonc1CN(C)Cc1cc(-c2ccc3c(c2)OCO3)ccc1OCC(=O)Nc1cccc(N(C)C)c1. The highest BCUT2D eigenvalue weighted by molar-refractivity contribution is 5.92. The second kappa shape index (κ2) is 11.4. The Kier molecular flexibility index (Phi) is 7.64. The fourth-order valence-electron chi connectivity index (χ4n) is 4.30. The van der Waals surface area contributed by atoms with Crippen LogP contribution in [0.15, 0.2) is 65.3 Å². The summed E-state index contributed by atoms with van der Waals surface area (Å²) < 4.78 is 21.9. The largest absolute Gasteiger partial charge is 0.483 e. The monoisotopic (exact) mass is 529 g/mol. The van der Waals surface area contributed by atoms with E-state index in [0.717, 1.165) is 45.3 Å². The van der Waals surface area contributed by atoms with Crippen molar-refractivity contribution in [2.75, 3.05) is 44.8 Å². The highest BCUT2D eigenvalue weighted by Crippen LogP contribution is 2.37. The second-order valence-corrected chi connectivity index (χ2v) is 9.64. The number of carbonyl (C=O) groups excluding carboxylic acids is 1. The molecule has 10 nitrogen and oxygen atoms in total. The third-order valence-electron chi connectivity index (χ3n) is 6.38. The highest BCUT2D eigenvalue weighted by atomic mass is 16.7. The van der Waals surface area contributed by atoms with Crippen LogP contribution in [-0.2, 0) is 17.9 Å². The zero-order chi connectivity index (χ0) is 27.4. The summed E-state index contributed by atoms with van der Waals surface area (Å²) in [5.41, 5.74) is 6.14. The molecule has 1 aromatic heterocycles. The van der Waals surface area contributed by atoms with Crippen molar-refractivity contribution in [3.63, 3.8) is 0 Å². The van der Waals surface area contributed by atoms with Gasteiger partial charge in [-0.15, -0.1) is 0 Å². The van der Waals surface area contributed by atoms with E-state index in [1.165, 1.54) is 0 Å². The van der Waals surface area contributed by atoms with E-state index in [9.17, 15) is 4.79 Å². The number of hydrogen-bond acceptors (Lipinski definition) is 9. The standard InChI is InChI=1S/C29H31N5O5/c1-19-25(32-39-31-19)16-34(4)15-22-12-20(21-9-11-27-28(13-21)38-18-37-27)8-10-26(22)36-17-29(35)30-23-6-5-7-24(14-23)33(2)3/h5-14H,15-18H2,1-4H3,(H,30,35). The van der Waals surface area contributed by atoms with Crippen molar-refractivity contribution < 1.29 is 23.6 Å². The Hall–Kier alpha value is -4.57. The quantitative estimate of drug-likeness (QED) is 0.318. The molecular formula is C29H31N5O5. The first-order chi connectivity index (χ1) is 18.9. The van der Waals surface area contributed by atoms with E-state index in [2.05, 4.69) is 26.6 Å². The van der Waals surface area contributed by atoms with Crippen molar-refractivity contribution in [3.8, 4) is 28.4 Å². The number of fused-ring (bicyclic) bond motifs is 1. The molecule has 1 amide bonds. The van der Waals surface area contributed by atoms with E-state index in [0.29, 0.717) is 24.5 Å². The van der Waals surface area contributed by atoms with Gasteiger partial charge < -0.3 is 24.4 Å². The molecule has 202 valence electrons. The van der Waals surface area contributed by atoms with Crippen LogP contribution in [0, 0.1) is 6.92 Å². The maximum Gasteiger partial charge on any atom is 0.262 e. The summed E-state index contributed by atoms with van der Waals surface area (Å²) in [7, 11) is 5.89. The molecule has 1 aliphatic heterocycles. The van der Waals surface area contributed by atoms with E-state index in [4.69, 9.17) is 18.8 Å². The summed E-state index contributed by atoms with van der Waals surface area (Å²) in [6.07, 6.45) is 0. The van der Waals surface area contributed by atoms with Gasteiger partial charge in [0.2, 0.25) is 6.79 Å². The normalized spacial score (nSPS) is 12.0. The smallest absolute Gasteiger partial charge is 0.262 e. The molecule has 0 spiro atoms. The van der Waals surface area contributed by atoms with Crippen LogP contribution >= 0.6 is 0 Å². The number of nitrogens with one attached hydrogen (secondary N) is 1. The number of carbonyl (C=O) groups is 1. The summed E-state index contributed by atoms with van der Waals surface area (Å²) in [6, 6.07) is 19.5. The molecule has 0 radical (unpaired) electrons. The molecule has 2 heterocycles. The van der Waals surface area contributed by atoms with Crippen LogP contribution in [0.5, 0.6) is 17.2 Å². The zero-order valence-corrected chi connectivity index (χ0v) is 22.4. The van der Waals surface area contributed by atoms with E-state index < -0.39 is 0 Å². The van der Waals surface area contributed by atoms with Crippen molar-refractivity contribution in [3.05, 3.63) is 77.6 Å². The van der Waals surface area contributed by atoms with Gasteiger partial charge in [0.15, 0.2) is 18.1 Å². The minimum atomic E-state index is -0.241. The van der Waals surface area contributed by atoms with Crippen molar-refractivity contribution >= 4 is 17.3 Å². The summed E-state index contributed by atoms with van der Waals surface area (Å²) in [5, 5.41) is 10.8. The topological polar surface area (TPSA) is 102 Å². The van der Waals surface area contributed by atoms with Gasteiger partial charge in [-0.2, -0.15) is 0 Å². The lowest BCUT2D eigenvalue weighted by atomic mass is 10.0. The Labute approximate surface area is 227 Å². The summed E-state index contributed by atoms with van der Waals surface area (Å²) >= 11 is 0. The number of nitrogens with zero attached hydrogens (tertiary/aromatic N) is 4. The number of amides is 1. The Balaban J connectivity index is 1.34. The van der Waals surface area contributed by atoms with Crippen LogP contribution in [0.3, 0.4) is 0 Å². The molecule has 0 fully saturated rings. The summed E-state index contributed by atoms with van der Waals surface area (Å²) in [4.78, 5) is 16.8. The first-order valence-corrected chi connectivity index (χ1v) is 12.6. The van der Waals surface area contributed by atoms with Crippen LogP contribution in [0.25, 0.3) is 11.1 Å². The van der Waals surface area contributed by atoms with Gasteiger partial charge >= 0.3 is 0 Å². The molecular weight excluding hydrogens is 498 g/mol. The summed E-state index contributed by atoms with van der Waals surface area (Å²) in [5.74, 6) is 1.83. The minimum Gasteiger partial charge on any atom is -0.483 e. The number of anilines is 2. The van der Waals surface area contributed by atoms with E-state index in [-0.39, 0.29) is 19.3 Å². The fraction of sp³-hybridized carbons (Fsp3) is 0.276. The van der Waals surface area contributed by atoms with Gasteiger partial charge in [-0.05, 0) is 67.6 Å². The summed E-state index contributed by atoms with van der Waals surface area (Å²) in [6.45, 7) is 3.05. The minimum absolute atomic E-state index is 0.126. The van der Waals surface area contributed by atoms with Crippen LogP contribution in [0.1, 0.15) is 17.0 Å². The molecule has 3 aromatic carbocycles. The van der Waals surface area contributed by atoms with Gasteiger partial charge in [0.05, 0.1) is 0 Å². The number of benzene rings is 3. The lowest BCUT2D eigenvalue weighted by Crippen LogP contribution is -2.22. The van der Waals surface area contributed by atoms with Crippen LogP contribution in [0.4, 0.5) is 11.4 Å². The molecule has 5 rings (SSSR count). The predicted octanol–water partition coefficient (Wildman–Crippen LogP) is 4.49. The number of aryl methyl sites for hydroxylation is 1. The molecule has 1 N–H and O–H groups in total. The highest BCUT2D eigenvalue weighted by Gasteiger charge is 2.17. The third kappa shape index (κ3) is 6.29. The van der Waals surface area contributed by atoms with E-state index in [1.807, 2.05) is 87.6 Å². The number of ether oxygens (including phenoxy) is 3. The number of aromatic nitrogens is 2. The van der Waals surface area contributed by atoms with Crippen molar-refractivity contribution in [2.45, 2.75) is 20.0 Å². The van der Waals surface area contributed by atoms with Crippen LogP contribution in [0.2, 0.25) is 0 Å². The first-order valence-electron chi connectivity index (χ1n) is 12.6. The van der Waals surface area contributed by atoms with Gasteiger partial charge in [-0.3, -0.25) is 9.69 Å². The molecule has 0 atom stereocenters. The first kappa shape index (κ1) is 26.1. The Bertz CT molecular complexity index is 1470. The lowest BCUT2D eigenvalue weighted by Gasteiger charge is -2.19. The molecule has 0 unspecified atom stereocenters. The Morgan fingerprint density at radius 3 is 2.54 bits per heavy atom. The zero-order valence-electron chi connectivity index (χ0n) is 22.4. The van der Waals surface area contributed by atoms with Gasteiger partial charge in [0.25, 0.3) is 5.91 Å². The molecule has 1 aliphatic rings. The average Bonchev–Trinajstić information content (AvgIpc) is 3.56. The number of rotatable bonds is 10. The second-order valence-electron chi connectivity index (χ2n) is 9.64. The van der Waals surface area contributed by atoms with Crippen LogP contribution in [-0.4, -0.2) is 55.7 Å². The van der Waals surface area contributed by atoms with Gasteiger partial charge in [0.1, 0.15) is 17.1 Å². The van der Waals surface area contributed by atoms with Crippen molar-refractivity contribution in [1.82, 2.24) is 15.2 Å². The maximum absolute atomic E-state index is 12.7. The average molecular weight is 530 g/mol. The lowest BCUT2D eigenvalue weighted by molar-refractivity contribution is -0.118. The Morgan fingerprint density at radius 1 is 0.949 bits per heavy atom. The van der Waals surface area contributed by atoms with Crippen molar-refractivity contribution in [2.24, 2.45) is 0 Å². The third-order valence-corrected chi connectivity index (χ3v) is 6.38. The molecule has 0 saturated carbocycles. The Morgan fingerprint density at radius 2 is 1.74 bits per heavy atom. The van der Waals surface area contributed by atoms with Gasteiger partial charge in [0, 0.05) is 44.1 Å². The molecule has 0 saturated heterocycles. The number of hydrogen-bond donors (Lipinski definition) is 1. The molecule has 39 heavy (non-hydrogen) atoms. The van der Waals surface area contributed by atoms with E-state index in [1.54, 1.807) is 0 Å². The predicted molar refractivity (Wildman–Crippen MR) is 147 cm³/mol. The van der Waals surface area contributed by atoms with Gasteiger partial charge in [-0.25, -0.2) is 4.63 Å². The molecule has 0 aliphatic carbocycles.